The fourth-order valence-electron chi connectivity index (χ4n) is 2.01. The van der Waals surface area contributed by atoms with E-state index in [4.69, 9.17) is 10.5 Å². The van der Waals surface area contributed by atoms with Crippen LogP contribution >= 0.6 is 0 Å². The highest BCUT2D eigenvalue weighted by Gasteiger charge is 1.97. The predicted molar refractivity (Wildman–Crippen MR) is 79.7 cm³/mol. The second-order valence-corrected chi connectivity index (χ2v) is 4.71. The third kappa shape index (κ3) is 3.57. The minimum Gasteiger partial charge on any atom is -0.192 e. The molecule has 0 saturated heterocycles. The quantitative estimate of drug-likeness (QED) is 0.833. The van der Waals surface area contributed by atoms with Crippen molar-refractivity contribution in [2.75, 3.05) is 0 Å². The Labute approximate surface area is 119 Å². The molecule has 0 radical (unpaired) electrons. The van der Waals surface area contributed by atoms with Gasteiger partial charge in [0.05, 0.1) is 23.3 Å². The molecular weight excluding hydrogens is 244 g/mol. The van der Waals surface area contributed by atoms with Crippen molar-refractivity contribution in [1.82, 2.24) is 0 Å². The Morgan fingerprint density at radius 3 is 1.90 bits per heavy atom. The van der Waals surface area contributed by atoms with Gasteiger partial charge in [-0.15, -0.1) is 0 Å². The van der Waals surface area contributed by atoms with Crippen molar-refractivity contribution in [2.45, 2.75) is 13.3 Å². The summed E-state index contributed by atoms with van der Waals surface area (Å²) in [6.07, 6.45) is 2.96. The van der Waals surface area contributed by atoms with Gasteiger partial charge in [-0.1, -0.05) is 35.9 Å². The molecule has 0 spiro atoms. The maximum Gasteiger partial charge on any atom is 0.0991 e. The highest BCUT2D eigenvalue weighted by Crippen LogP contribution is 2.13. The number of hydrogen-bond acceptors (Lipinski definition) is 2. The van der Waals surface area contributed by atoms with Crippen LogP contribution in [0.2, 0.25) is 0 Å². The third-order valence-corrected chi connectivity index (χ3v) is 3.02. The highest BCUT2D eigenvalue weighted by atomic mass is 14.2. The Balaban J connectivity index is 2.10. The van der Waals surface area contributed by atoms with Crippen LogP contribution in [0.15, 0.2) is 54.1 Å². The molecule has 0 aromatic heterocycles. The molecule has 2 heteroatoms. The molecule has 0 fully saturated rings. The van der Waals surface area contributed by atoms with Crippen LogP contribution in [0.5, 0.6) is 0 Å². The molecule has 0 aliphatic heterocycles. The molecule has 0 heterocycles. The van der Waals surface area contributed by atoms with Gasteiger partial charge in [-0.05, 0) is 48.7 Å². The molecule has 0 amide bonds. The molecule has 96 valence electrons. The lowest BCUT2D eigenvalue weighted by Crippen LogP contribution is -1.87. The van der Waals surface area contributed by atoms with Crippen molar-refractivity contribution < 1.29 is 0 Å². The van der Waals surface area contributed by atoms with Gasteiger partial charge in [-0.25, -0.2) is 0 Å². The van der Waals surface area contributed by atoms with Crippen molar-refractivity contribution in [3.63, 3.8) is 0 Å². The summed E-state index contributed by atoms with van der Waals surface area (Å²) in [5, 5.41) is 17.5. The molecule has 0 N–H and O–H groups in total. The molecule has 2 aromatic carbocycles. The smallest absolute Gasteiger partial charge is 0.0991 e. The van der Waals surface area contributed by atoms with Gasteiger partial charge in [0, 0.05) is 0 Å². The van der Waals surface area contributed by atoms with E-state index in [0.29, 0.717) is 11.1 Å². The highest BCUT2D eigenvalue weighted by molar-refractivity contribution is 5.54. The van der Waals surface area contributed by atoms with Gasteiger partial charge in [-0.3, -0.25) is 0 Å². The summed E-state index contributed by atoms with van der Waals surface area (Å²) in [5.41, 5.74) is 4.87. The first-order chi connectivity index (χ1) is 9.71. The minimum absolute atomic E-state index is 0.673. The van der Waals surface area contributed by atoms with Crippen LogP contribution < -0.4 is 0 Å². The number of hydrogen-bond donors (Lipinski definition) is 0. The fraction of sp³-hybridized carbons (Fsp3) is 0.111. The normalized spacial score (nSPS) is 10.7. The van der Waals surface area contributed by atoms with E-state index >= 15 is 0 Å². The van der Waals surface area contributed by atoms with Crippen LogP contribution in [-0.4, -0.2) is 0 Å². The molecule has 0 atom stereocenters. The Bertz CT molecular complexity index is 693. The summed E-state index contributed by atoms with van der Waals surface area (Å²) in [4.78, 5) is 0. The van der Waals surface area contributed by atoms with Crippen molar-refractivity contribution in [3.8, 4) is 12.1 Å². The molecule has 2 nitrogen and oxygen atoms in total. The van der Waals surface area contributed by atoms with Crippen LogP contribution in [-0.2, 0) is 6.42 Å². The zero-order valence-electron chi connectivity index (χ0n) is 11.3. The molecule has 20 heavy (non-hydrogen) atoms. The lowest BCUT2D eigenvalue weighted by Gasteiger charge is -2.03. The zero-order chi connectivity index (χ0) is 14.4. The van der Waals surface area contributed by atoms with Crippen LogP contribution in [0.4, 0.5) is 0 Å². The summed E-state index contributed by atoms with van der Waals surface area (Å²) in [6, 6.07) is 19.4. The minimum atomic E-state index is 0.673. The van der Waals surface area contributed by atoms with Gasteiger partial charge in [0.2, 0.25) is 0 Å². The van der Waals surface area contributed by atoms with E-state index in [1.165, 1.54) is 11.1 Å². The first-order valence-electron chi connectivity index (χ1n) is 6.37. The van der Waals surface area contributed by atoms with Gasteiger partial charge in [0.1, 0.15) is 0 Å². The van der Waals surface area contributed by atoms with E-state index in [-0.39, 0.29) is 0 Å². The van der Waals surface area contributed by atoms with Gasteiger partial charge < -0.3 is 0 Å². The molecule has 2 rings (SSSR count). The van der Waals surface area contributed by atoms with E-state index in [2.05, 4.69) is 25.1 Å². The summed E-state index contributed by atoms with van der Waals surface area (Å²) >= 11 is 0. The van der Waals surface area contributed by atoms with E-state index in [1.54, 1.807) is 0 Å². The maximum absolute atomic E-state index is 8.76. The van der Waals surface area contributed by atoms with E-state index in [0.717, 1.165) is 12.0 Å². The van der Waals surface area contributed by atoms with E-state index in [1.807, 2.05) is 48.5 Å². The van der Waals surface area contributed by atoms with E-state index in [9.17, 15) is 0 Å². The Hall–Kier alpha value is -2.84. The maximum atomic E-state index is 8.76. The molecule has 2 aromatic rings. The van der Waals surface area contributed by atoms with Gasteiger partial charge in [0.25, 0.3) is 0 Å². The Morgan fingerprint density at radius 2 is 1.40 bits per heavy atom. The Morgan fingerprint density at radius 1 is 0.900 bits per heavy atom. The number of allylic oxidation sites excluding steroid dienone is 1. The van der Waals surface area contributed by atoms with E-state index < -0.39 is 0 Å². The van der Waals surface area contributed by atoms with Crippen molar-refractivity contribution >= 4 is 6.08 Å². The standard InChI is InChI=1S/C18H14N2/c1-14(10-15-2-6-17(12-19)7-3-15)11-16-4-8-18(13-20)9-5-16/h2-10H,11H2,1H3/b14-10-. The summed E-state index contributed by atoms with van der Waals surface area (Å²) < 4.78 is 0. The average Bonchev–Trinajstić information content (AvgIpc) is 2.49. The first-order valence-corrected chi connectivity index (χ1v) is 6.37. The summed E-state index contributed by atoms with van der Waals surface area (Å²) in [6.45, 7) is 2.08. The molecule has 0 aliphatic rings. The second-order valence-electron chi connectivity index (χ2n) is 4.71. The molecule has 0 bridgehead atoms. The molecular formula is C18H14N2. The van der Waals surface area contributed by atoms with Crippen LogP contribution in [0.3, 0.4) is 0 Å². The number of rotatable bonds is 3. The average molecular weight is 258 g/mol. The largest absolute Gasteiger partial charge is 0.192 e. The van der Waals surface area contributed by atoms with Crippen molar-refractivity contribution in [1.29, 1.82) is 10.5 Å². The molecule has 0 unspecified atom stereocenters. The van der Waals surface area contributed by atoms with Crippen LogP contribution in [0.1, 0.15) is 29.2 Å². The number of nitrogens with zero attached hydrogens (tertiary/aromatic N) is 2. The zero-order valence-corrected chi connectivity index (χ0v) is 11.3. The van der Waals surface area contributed by atoms with Crippen molar-refractivity contribution in [3.05, 3.63) is 76.4 Å². The van der Waals surface area contributed by atoms with Crippen molar-refractivity contribution in [2.24, 2.45) is 0 Å². The number of benzene rings is 2. The van der Waals surface area contributed by atoms with Crippen LogP contribution in [0.25, 0.3) is 6.08 Å². The van der Waals surface area contributed by atoms with Gasteiger partial charge in [0.15, 0.2) is 0 Å². The van der Waals surface area contributed by atoms with Gasteiger partial charge in [-0.2, -0.15) is 10.5 Å². The molecule has 0 saturated carbocycles. The predicted octanol–water partition coefficient (Wildman–Crippen LogP) is 4.08. The lowest BCUT2D eigenvalue weighted by molar-refractivity contribution is 1.16. The second kappa shape index (κ2) is 6.36. The number of nitriles is 2. The van der Waals surface area contributed by atoms with Gasteiger partial charge >= 0.3 is 0 Å². The third-order valence-electron chi connectivity index (χ3n) is 3.02. The lowest BCUT2D eigenvalue weighted by atomic mass is 10.0. The molecule has 0 aliphatic carbocycles. The monoisotopic (exact) mass is 258 g/mol. The summed E-state index contributed by atoms with van der Waals surface area (Å²) in [5.74, 6) is 0. The summed E-state index contributed by atoms with van der Waals surface area (Å²) in [7, 11) is 0. The Kier molecular flexibility index (Phi) is 4.32. The topological polar surface area (TPSA) is 47.6 Å². The first kappa shape index (κ1) is 13.6. The van der Waals surface area contributed by atoms with Crippen LogP contribution in [0, 0.1) is 22.7 Å². The fourth-order valence-corrected chi connectivity index (χ4v) is 2.01. The SMILES string of the molecule is C/C(=C/c1ccc(C#N)cc1)Cc1ccc(C#N)cc1.